The lowest BCUT2D eigenvalue weighted by atomic mass is 10.1. The number of rotatable bonds is 4. The van der Waals surface area contributed by atoms with Crippen molar-refractivity contribution in [2.45, 2.75) is 39.7 Å². The lowest BCUT2D eigenvalue weighted by molar-refractivity contribution is 0.0253. The van der Waals surface area contributed by atoms with Crippen LogP contribution >= 0.6 is 0 Å². The quantitative estimate of drug-likeness (QED) is 0.930. The lowest BCUT2D eigenvalue weighted by Gasteiger charge is -2.24. The fourth-order valence-corrected chi connectivity index (χ4v) is 2.83. The van der Waals surface area contributed by atoms with Crippen molar-refractivity contribution in [2.24, 2.45) is 0 Å². The standard InChI is InChI=1S/C18H22N2O4/c1-11-10-14(19-18(21)17-12(2)20-24-13(17)3)4-5-16(11)23-15-6-8-22-9-7-15/h4-5,10,15H,6-9H2,1-3H3,(H,19,21). The van der Waals surface area contributed by atoms with Gasteiger partial charge in [0.2, 0.25) is 0 Å². The van der Waals surface area contributed by atoms with Gasteiger partial charge in [-0.2, -0.15) is 0 Å². The van der Waals surface area contributed by atoms with Crippen molar-refractivity contribution in [1.82, 2.24) is 5.16 Å². The molecule has 2 heterocycles. The van der Waals surface area contributed by atoms with Crippen LogP contribution in [0.2, 0.25) is 0 Å². The van der Waals surface area contributed by atoms with Gasteiger partial charge in [0.1, 0.15) is 23.2 Å². The van der Waals surface area contributed by atoms with E-state index in [9.17, 15) is 4.79 Å². The summed E-state index contributed by atoms with van der Waals surface area (Å²) < 4.78 is 16.4. The number of nitrogens with one attached hydrogen (secondary N) is 1. The lowest BCUT2D eigenvalue weighted by Crippen LogP contribution is -2.26. The molecule has 0 unspecified atom stereocenters. The molecule has 0 radical (unpaired) electrons. The molecule has 6 nitrogen and oxygen atoms in total. The zero-order chi connectivity index (χ0) is 17.1. The number of hydrogen-bond acceptors (Lipinski definition) is 5. The first-order valence-electron chi connectivity index (χ1n) is 8.14. The second-order valence-electron chi connectivity index (χ2n) is 6.06. The smallest absolute Gasteiger partial charge is 0.261 e. The van der Waals surface area contributed by atoms with Gasteiger partial charge in [-0.15, -0.1) is 0 Å². The number of carbonyl (C=O) groups excluding carboxylic acids is 1. The number of amides is 1. The minimum atomic E-state index is -0.219. The Labute approximate surface area is 141 Å². The molecule has 0 saturated carbocycles. The second-order valence-corrected chi connectivity index (χ2v) is 6.06. The first-order chi connectivity index (χ1) is 11.5. The molecule has 1 saturated heterocycles. The molecule has 0 spiro atoms. The Morgan fingerprint density at radius 3 is 2.62 bits per heavy atom. The van der Waals surface area contributed by atoms with E-state index in [0.717, 1.165) is 43.1 Å². The van der Waals surface area contributed by atoms with E-state index in [4.69, 9.17) is 14.0 Å². The molecular formula is C18H22N2O4. The summed E-state index contributed by atoms with van der Waals surface area (Å²) in [6, 6.07) is 5.65. The van der Waals surface area contributed by atoms with Crippen molar-refractivity contribution >= 4 is 11.6 Å². The Morgan fingerprint density at radius 2 is 2.00 bits per heavy atom. The minimum Gasteiger partial charge on any atom is -0.490 e. The molecule has 1 aromatic heterocycles. The van der Waals surface area contributed by atoms with E-state index in [1.54, 1.807) is 13.8 Å². The highest BCUT2D eigenvalue weighted by molar-refractivity contribution is 6.05. The van der Waals surface area contributed by atoms with Gasteiger partial charge < -0.3 is 19.3 Å². The SMILES string of the molecule is Cc1cc(NC(=O)c2c(C)noc2C)ccc1OC1CCOCC1. The van der Waals surface area contributed by atoms with Gasteiger partial charge in [0.15, 0.2) is 0 Å². The van der Waals surface area contributed by atoms with Crippen molar-refractivity contribution in [2.75, 3.05) is 18.5 Å². The summed E-state index contributed by atoms with van der Waals surface area (Å²) >= 11 is 0. The Morgan fingerprint density at radius 1 is 1.25 bits per heavy atom. The van der Waals surface area contributed by atoms with E-state index in [1.807, 2.05) is 25.1 Å². The predicted octanol–water partition coefficient (Wildman–Crippen LogP) is 3.41. The van der Waals surface area contributed by atoms with Crippen LogP contribution in [0.1, 0.15) is 40.2 Å². The number of nitrogens with zero attached hydrogens (tertiary/aromatic N) is 1. The number of ether oxygens (including phenoxy) is 2. The molecule has 0 aliphatic carbocycles. The van der Waals surface area contributed by atoms with E-state index < -0.39 is 0 Å². The van der Waals surface area contributed by atoms with Crippen LogP contribution in [0.5, 0.6) is 5.75 Å². The van der Waals surface area contributed by atoms with Gasteiger partial charge in [0, 0.05) is 18.5 Å². The van der Waals surface area contributed by atoms with Crippen LogP contribution in [0.4, 0.5) is 5.69 Å². The highest BCUT2D eigenvalue weighted by Gasteiger charge is 2.19. The Hall–Kier alpha value is -2.34. The summed E-state index contributed by atoms with van der Waals surface area (Å²) in [4.78, 5) is 12.4. The van der Waals surface area contributed by atoms with E-state index in [-0.39, 0.29) is 12.0 Å². The molecule has 0 bridgehead atoms. The zero-order valence-corrected chi connectivity index (χ0v) is 14.2. The molecule has 2 aromatic rings. The van der Waals surface area contributed by atoms with Crippen LogP contribution in [0.3, 0.4) is 0 Å². The van der Waals surface area contributed by atoms with Crippen molar-refractivity contribution in [1.29, 1.82) is 0 Å². The Kier molecular flexibility index (Phi) is 4.85. The zero-order valence-electron chi connectivity index (χ0n) is 14.2. The molecule has 1 amide bonds. The third-order valence-electron chi connectivity index (χ3n) is 4.16. The van der Waals surface area contributed by atoms with Gasteiger partial charge >= 0.3 is 0 Å². The van der Waals surface area contributed by atoms with Gasteiger partial charge in [-0.25, -0.2) is 0 Å². The minimum absolute atomic E-state index is 0.195. The second kappa shape index (κ2) is 7.05. The van der Waals surface area contributed by atoms with Crippen LogP contribution in [0.15, 0.2) is 22.7 Å². The topological polar surface area (TPSA) is 73.6 Å². The van der Waals surface area contributed by atoms with Gasteiger partial charge in [0.25, 0.3) is 5.91 Å². The maximum Gasteiger partial charge on any atom is 0.261 e. The largest absolute Gasteiger partial charge is 0.490 e. The highest BCUT2D eigenvalue weighted by Crippen LogP contribution is 2.26. The number of hydrogen-bond donors (Lipinski definition) is 1. The van der Waals surface area contributed by atoms with Crippen molar-refractivity contribution in [3.8, 4) is 5.75 Å². The molecule has 6 heteroatoms. The van der Waals surface area contributed by atoms with Gasteiger partial charge in [0.05, 0.1) is 18.9 Å². The van der Waals surface area contributed by atoms with Crippen LogP contribution in [0, 0.1) is 20.8 Å². The maximum absolute atomic E-state index is 12.4. The fraction of sp³-hybridized carbons (Fsp3) is 0.444. The number of aromatic nitrogens is 1. The van der Waals surface area contributed by atoms with Gasteiger partial charge in [-0.3, -0.25) is 4.79 Å². The summed E-state index contributed by atoms with van der Waals surface area (Å²) in [5, 5.41) is 6.69. The third kappa shape index (κ3) is 3.59. The summed E-state index contributed by atoms with van der Waals surface area (Å²) in [5.41, 5.74) is 2.77. The molecule has 128 valence electrons. The van der Waals surface area contributed by atoms with E-state index in [2.05, 4.69) is 10.5 Å². The van der Waals surface area contributed by atoms with Gasteiger partial charge in [-0.05, 0) is 44.5 Å². The number of anilines is 1. The molecule has 3 rings (SSSR count). The van der Waals surface area contributed by atoms with Crippen LogP contribution in [0.25, 0.3) is 0 Å². The normalized spacial score (nSPS) is 15.3. The van der Waals surface area contributed by atoms with Crippen molar-refractivity contribution in [3.63, 3.8) is 0 Å². The average molecular weight is 330 g/mol. The molecule has 0 atom stereocenters. The first-order valence-corrected chi connectivity index (χ1v) is 8.14. The fourth-order valence-electron chi connectivity index (χ4n) is 2.83. The molecule has 1 aliphatic heterocycles. The Balaban J connectivity index is 1.69. The predicted molar refractivity (Wildman–Crippen MR) is 89.6 cm³/mol. The molecule has 24 heavy (non-hydrogen) atoms. The number of benzene rings is 1. The summed E-state index contributed by atoms with van der Waals surface area (Å²) in [7, 11) is 0. The first kappa shape index (κ1) is 16.5. The number of carbonyl (C=O) groups is 1. The van der Waals surface area contributed by atoms with Crippen LogP contribution in [-0.4, -0.2) is 30.4 Å². The molecular weight excluding hydrogens is 308 g/mol. The van der Waals surface area contributed by atoms with Crippen molar-refractivity contribution < 1.29 is 18.8 Å². The third-order valence-corrected chi connectivity index (χ3v) is 4.16. The molecule has 1 fully saturated rings. The Bertz CT molecular complexity index is 713. The average Bonchev–Trinajstić information content (AvgIpc) is 2.90. The molecule has 1 aromatic carbocycles. The van der Waals surface area contributed by atoms with Crippen molar-refractivity contribution in [3.05, 3.63) is 40.8 Å². The highest BCUT2D eigenvalue weighted by atomic mass is 16.5. The maximum atomic E-state index is 12.4. The van der Waals surface area contributed by atoms with Crippen LogP contribution < -0.4 is 10.1 Å². The van der Waals surface area contributed by atoms with E-state index in [1.165, 1.54) is 0 Å². The van der Waals surface area contributed by atoms with E-state index in [0.29, 0.717) is 17.0 Å². The monoisotopic (exact) mass is 330 g/mol. The molecule has 1 aliphatic rings. The van der Waals surface area contributed by atoms with Gasteiger partial charge in [-0.1, -0.05) is 5.16 Å². The summed E-state index contributed by atoms with van der Waals surface area (Å²) in [6.45, 7) is 6.94. The number of aryl methyl sites for hydroxylation is 3. The summed E-state index contributed by atoms with van der Waals surface area (Å²) in [6.07, 6.45) is 2.01. The van der Waals surface area contributed by atoms with Crippen LogP contribution in [-0.2, 0) is 4.74 Å². The molecule has 1 N–H and O–H groups in total. The summed E-state index contributed by atoms with van der Waals surface area (Å²) in [5.74, 6) is 1.14. The van der Waals surface area contributed by atoms with E-state index >= 15 is 0 Å².